The van der Waals surface area contributed by atoms with Crippen LogP contribution in [0, 0.1) is 3.57 Å². The summed E-state index contributed by atoms with van der Waals surface area (Å²) < 4.78 is 2.79. The van der Waals surface area contributed by atoms with Crippen LogP contribution in [0.4, 0.5) is 11.5 Å². The molecule has 2 heterocycles. The predicted molar refractivity (Wildman–Crippen MR) is 70.6 cm³/mol. The Morgan fingerprint density at radius 3 is 3.00 bits per heavy atom. The second-order valence-corrected chi connectivity index (χ2v) is 4.52. The lowest BCUT2D eigenvalue weighted by Gasteiger charge is -2.05. The molecular weight excluding hydrogens is 317 g/mol. The van der Waals surface area contributed by atoms with Gasteiger partial charge in [0.15, 0.2) is 0 Å². The largest absolute Gasteiger partial charge is 0.336 e. The van der Waals surface area contributed by atoms with E-state index in [1.54, 1.807) is 10.9 Å². The Kier molecular flexibility index (Phi) is 3.37. The number of rotatable bonds is 3. The van der Waals surface area contributed by atoms with Crippen LogP contribution in [-0.2, 0) is 13.5 Å². The molecule has 0 aliphatic carbocycles. The molecule has 6 heteroatoms. The topological polar surface area (TPSA) is 55.6 Å². The SMILES string of the molecule is CCc1nn(C)cc1Nc1ncncc1I. The van der Waals surface area contributed by atoms with Gasteiger partial charge in [-0.15, -0.1) is 0 Å². The first kappa shape index (κ1) is 11.3. The summed E-state index contributed by atoms with van der Waals surface area (Å²) >= 11 is 2.20. The van der Waals surface area contributed by atoms with Crippen LogP contribution >= 0.6 is 22.6 Å². The molecule has 0 aliphatic rings. The Bertz CT molecular complexity index is 494. The number of hydrogen-bond donors (Lipinski definition) is 1. The van der Waals surface area contributed by atoms with Crippen molar-refractivity contribution in [1.29, 1.82) is 0 Å². The first-order chi connectivity index (χ1) is 7.70. The summed E-state index contributed by atoms with van der Waals surface area (Å²) in [6.07, 6.45) is 6.16. The summed E-state index contributed by atoms with van der Waals surface area (Å²) in [7, 11) is 1.91. The number of nitrogens with zero attached hydrogens (tertiary/aromatic N) is 4. The first-order valence-electron chi connectivity index (χ1n) is 4.95. The van der Waals surface area contributed by atoms with E-state index in [1.807, 2.05) is 13.2 Å². The Morgan fingerprint density at radius 1 is 1.50 bits per heavy atom. The van der Waals surface area contributed by atoms with Crippen molar-refractivity contribution >= 4 is 34.1 Å². The van der Waals surface area contributed by atoms with Crippen molar-refractivity contribution in [3.8, 4) is 0 Å². The highest BCUT2D eigenvalue weighted by molar-refractivity contribution is 14.1. The molecule has 0 unspecified atom stereocenters. The Labute approximate surface area is 107 Å². The zero-order valence-electron chi connectivity index (χ0n) is 9.11. The lowest BCUT2D eigenvalue weighted by molar-refractivity contribution is 0.746. The molecule has 0 spiro atoms. The summed E-state index contributed by atoms with van der Waals surface area (Å²) in [5.41, 5.74) is 2.04. The Balaban J connectivity index is 2.30. The van der Waals surface area contributed by atoms with Gasteiger partial charge in [0.2, 0.25) is 0 Å². The van der Waals surface area contributed by atoms with E-state index in [1.165, 1.54) is 6.33 Å². The van der Waals surface area contributed by atoms with E-state index in [9.17, 15) is 0 Å². The van der Waals surface area contributed by atoms with Crippen LogP contribution in [0.25, 0.3) is 0 Å². The van der Waals surface area contributed by atoms with Gasteiger partial charge in [-0.3, -0.25) is 4.68 Å². The standard InChI is InChI=1S/C10H12IN5/c1-3-8-9(5-16(2)15-8)14-10-7(11)4-12-6-13-10/h4-6H,3H2,1-2H3,(H,12,13,14). The minimum absolute atomic E-state index is 0.818. The average Bonchev–Trinajstić information content (AvgIpc) is 2.62. The van der Waals surface area contributed by atoms with Gasteiger partial charge in [0.25, 0.3) is 0 Å². The van der Waals surface area contributed by atoms with E-state index in [-0.39, 0.29) is 0 Å². The molecule has 0 radical (unpaired) electrons. The smallest absolute Gasteiger partial charge is 0.147 e. The molecule has 2 aromatic heterocycles. The molecule has 0 saturated heterocycles. The van der Waals surface area contributed by atoms with Gasteiger partial charge in [-0.05, 0) is 29.0 Å². The maximum absolute atomic E-state index is 4.36. The van der Waals surface area contributed by atoms with Crippen molar-refractivity contribution in [1.82, 2.24) is 19.7 Å². The molecule has 2 aromatic rings. The predicted octanol–water partition coefficient (Wildman–Crippen LogP) is 2.12. The minimum atomic E-state index is 0.818. The van der Waals surface area contributed by atoms with Crippen LogP contribution in [0.3, 0.4) is 0 Å². The summed E-state index contributed by atoms with van der Waals surface area (Å²) in [4.78, 5) is 8.15. The molecule has 0 amide bonds. The normalized spacial score (nSPS) is 10.4. The van der Waals surface area contributed by atoms with Gasteiger partial charge in [-0.2, -0.15) is 5.10 Å². The second kappa shape index (κ2) is 4.77. The summed E-state index contributed by atoms with van der Waals surface area (Å²) in [6, 6.07) is 0. The Morgan fingerprint density at radius 2 is 2.31 bits per heavy atom. The third kappa shape index (κ3) is 2.31. The number of halogens is 1. The lowest BCUT2D eigenvalue weighted by atomic mass is 10.3. The number of aromatic nitrogens is 4. The highest BCUT2D eigenvalue weighted by Crippen LogP contribution is 2.21. The van der Waals surface area contributed by atoms with Crippen LogP contribution in [0.15, 0.2) is 18.7 Å². The van der Waals surface area contributed by atoms with E-state index in [0.717, 1.165) is 27.2 Å². The fourth-order valence-corrected chi connectivity index (χ4v) is 1.87. The third-order valence-electron chi connectivity index (χ3n) is 2.16. The van der Waals surface area contributed by atoms with Gasteiger partial charge >= 0.3 is 0 Å². The van der Waals surface area contributed by atoms with Gasteiger partial charge in [0, 0.05) is 19.4 Å². The number of anilines is 2. The average molecular weight is 329 g/mol. The van der Waals surface area contributed by atoms with E-state index < -0.39 is 0 Å². The summed E-state index contributed by atoms with van der Waals surface area (Å²) in [5.74, 6) is 0.818. The highest BCUT2D eigenvalue weighted by Gasteiger charge is 2.08. The molecule has 0 aliphatic heterocycles. The second-order valence-electron chi connectivity index (χ2n) is 3.36. The first-order valence-corrected chi connectivity index (χ1v) is 6.03. The minimum Gasteiger partial charge on any atom is -0.336 e. The van der Waals surface area contributed by atoms with Gasteiger partial charge in [0.05, 0.1) is 15.0 Å². The van der Waals surface area contributed by atoms with Gasteiger partial charge in [-0.25, -0.2) is 9.97 Å². The maximum atomic E-state index is 4.36. The molecule has 0 saturated carbocycles. The van der Waals surface area contributed by atoms with Crippen molar-refractivity contribution in [3.63, 3.8) is 0 Å². The molecular formula is C10H12IN5. The van der Waals surface area contributed by atoms with Crippen LogP contribution in [0.5, 0.6) is 0 Å². The summed E-state index contributed by atoms with van der Waals surface area (Å²) in [5, 5.41) is 7.63. The van der Waals surface area contributed by atoms with Crippen molar-refractivity contribution < 1.29 is 0 Å². The lowest BCUT2D eigenvalue weighted by Crippen LogP contribution is -1.98. The molecule has 16 heavy (non-hydrogen) atoms. The monoisotopic (exact) mass is 329 g/mol. The highest BCUT2D eigenvalue weighted by atomic mass is 127. The molecule has 5 nitrogen and oxygen atoms in total. The van der Waals surface area contributed by atoms with Crippen molar-refractivity contribution in [2.45, 2.75) is 13.3 Å². The van der Waals surface area contributed by atoms with E-state index in [4.69, 9.17) is 0 Å². The summed E-state index contributed by atoms with van der Waals surface area (Å²) in [6.45, 7) is 2.08. The number of aryl methyl sites for hydroxylation is 2. The van der Waals surface area contributed by atoms with Crippen LogP contribution < -0.4 is 5.32 Å². The van der Waals surface area contributed by atoms with Gasteiger partial charge < -0.3 is 5.32 Å². The quantitative estimate of drug-likeness (QED) is 0.877. The van der Waals surface area contributed by atoms with Crippen molar-refractivity contribution in [3.05, 3.63) is 28.0 Å². The molecule has 0 atom stereocenters. The van der Waals surface area contributed by atoms with Crippen LogP contribution in [-0.4, -0.2) is 19.7 Å². The van der Waals surface area contributed by atoms with Crippen molar-refractivity contribution in [2.75, 3.05) is 5.32 Å². The third-order valence-corrected chi connectivity index (χ3v) is 2.95. The molecule has 0 bridgehead atoms. The van der Waals surface area contributed by atoms with Crippen LogP contribution in [0.1, 0.15) is 12.6 Å². The molecule has 84 valence electrons. The van der Waals surface area contributed by atoms with E-state index in [0.29, 0.717) is 0 Å². The maximum Gasteiger partial charge on any atom is 0.147 e. The molecule has 2 rings (SSSR count). The van der Waals surface area contributed by atoms with Crippen molar-refractivity contribution in [2.24, 2.45) is 7.05 Å². The van der Waals surface area contributed by atoms with E-state index >= 15 is 0 Å². The fraction of sp³-hybridized carbons (Fsp3) is 0.300. The van der Waals surface area contributed by atoms with Crippen LogP contribution in [0.2, 0.25) is 0 Å². The molecule has 1 N–H and O–H groups in total. The molecule has 0 fully saturated rings. The van der Waals surface area contributed by atoms with Gasteiger partial charge in [0.1, 0.15) is 12.1 Å². The zero-order chi connectivity index (χ0) is 11.5. The molecule has 0 aromatic carbocycles. The van der Waals surface area contributed by atoms with E-state index in [2.05, 4.69) is 49.9 Å². The number of hydrogen-bond acceptors (Lipinski definition) is 4. The Hall–Kier alpha value is -1.18. The number of nitrogens with one attached hydrogen (secondary N) is 1. The zero-order valence-corrected chi connectivity index (χ0v) is 11.3. The fourth-order valence-electron chi connectivity index (χ4n) is 1.43. The van der Waals surface area contributed by atoms with Gasteiger partial charge in [-0.1, -0.05) is 6.92 Å².